The summed E-state index contributed by atoms with van der Waals surface area (Å²) in [7, 11) is -3.96. The predicted molar refractivity (Wildman–Crippen MR) is 50.6 cm³/mol. The zero-order valence-corrected chi connectivity index (χ0v) is 8.47. The summed E-state index contributed by atoms with van der Waals surface area (Å²) in [6, 6.07) is 0. The van der Waals surface area contributed by atoms with Gasteiger partial charge in [0.05, 0.1) is 18.8 Å². The van der Waals surface area contributed by atoms with Crippen LogP contribution < -0.4 is 0 Å². The Balaban J connectivity index is 2.59. The van der Waals surface area contributed by atoms with Gasteiger partial charge >= 0.3 is 7.82 Å². The van der Waals surface area contributed by atoms with Crippen LogP contribution in [-0.2, 0) is 13.6 Å². The molecule has 1 aliphatic heterocycles. The van der Waals surface area contributed by atoms with Crippen LogP contribution in [0.4, 0.5) is 0 Å². The molecule has 0 aromatic rings. The third-order valence-corrected chi connectivity index (χ3v) is 2.71. The number of phosphoric acid groups is 1. The van der Waals surface area contributed by atoms with Crippen molar-refractivity contribution in [2.45, 2.75) is 18.6 Å². The van der Waals surface area contributed by atoms with E-state index in [0.29, 0.717) is 0 Å². The molecule has 6 heteroatoms. The topological polar surface area (TPSA) is 76.0 Å². The van der Waals surface area contributed by atoms with Crippen LogP contribution in [-0.4, -0.2) is 28.8 Å². The van der Waals surface area contributed by atoms with Crippen LogP contribution in [0.2, 0.25) is 0 Å². The zero-order valence-electron chi connectivity index (χ0n) is 7.57. The Morgan fingerprint density at radius 1 is 1.79 bits per heavy atom. The first-order chi connectivity index (χ1) is 6.53. The van der Waals surface area contributed by atoms with E-state index in [9.17, 15) is 9.67 Å². The summed E-state index contributed by atoms with van der Waals surface area (Å²) in [5.74, 6) is 0. The maximum Gasteiger partial charge on any atom is 0.473 e. The molecule has 0 amide bonds. The van der Waals surface area contributed by atoms with Gasteiger partial charge in [0.2, 0.25) is 0 Å². The van der Waals surface area contributed by atoms with E-state index in [1.165, 1.54) is 6.08 Å². The monoisotopic (exact) mass is 220 g/mol. The van der Waals surface area contributed by atoms with Crippen molar-refractivity contribution in [1.29, 1.82) is 0 Å². The van der Waals surface area contributed by atoms with E-state index in [4.69, 9.17) is 9.42 Å². The average Bonchev–Trinajstić information content (AvgIpc) is 2.26. The second-order valence-corrected chi connectivity index (χ2v) is 4.28. The van der Waals surface area contributed by atoms with Gasteiger partial charge in [-0.1, -0.05) is 18.2 Å². The molecule has 5 nitrogen and oxygen atoms in total. The van der Waals surface area contributed by atoms with Crippen LogP contribution in [0, 0.1) is 0 Å². The minimum Gasteiger partial charge on any atom is -0.389 e. The maximum absolute atomic E-state index is 11.1. The highest BCUT2D eigenvalue weighted by atomic mass is 31.2. The van der Waals surface area contributed by atoms with E-state index in [0.717, 1.165) is 0 Å². The zero-order chi connectivity index (χ0) is 10.6. The Morgan fingerprint density at radius 3 is 3.14 bits per heavy atom. The van der Waals surface area contributed by atoms with Gasteiger partial charge in [-0.25, -0.2) is 4.57 Å². The third kappa shape index (κ3) is 3.74. The fourth-order valence-electron chi connectivity index (χ4n) is 1.04. The lowest BCUT2D eigenvalue weighted by Gasteiger charge is -2.16. The van der Waals surface area contributed by atoms with Gasteiger partial charge in [0.1, 0.15) is 0 Å². The standard InChI is InChI=1S/C8H13O5P/c1-2-7(9)6-8-4-3-5-12-14(10,11)13-8/h2-4,7-9H,1,5-6H2,(H,10,11)/t7-,8-/m1/s1. The van der Waals surface area contributed by atoms with Crippen LogP contribution in [0.25, 0.3) is 0 Å². The fraction of sp³-hybridized carbons (Fsp3) is 0.500. The molecule has 0 bridgehead atoms. The van der Waals surface area contributed by atoms with E-state index in [-0.39, 0.29) is 13.0 Å². The summed E-state index contributed by atoms with van der Waals surface area (Å²) < 4.78 is 20.4. The first-order valence-electron chi connectivity index (χ1n) is 4.16. The molecule has 3 atom stereocenters. The molecule has 0 aromatic heterocycles. The maximum atomic E-state index is 11.1. The predicted octanol–water partition coefficient (Wildman–Crippen LogP) is 0.995. The molecule has 0 aromatic carbocycles. The molecule has 1 rings (SSSR count). The number of aliphatic hydroxyl groups excluding tert-OH is 1. The van der Waals surface area contributed by atoms with E-state index >= 15 is 0 Å². The number of aliphatic hydroxyl groups is 1. The molecule has 0 spiro atoms. The van der Waals surface area contributed by atoms with Crippen molar-refractivity contribution in [2.24, 2.45) is 0 Å². The summed E-state index contributed by atoms with van der Waals surface area (Å²) in [5, 5.41) is 9.23. The van der Waals surface area contributed by atoms with Crippen molar-refractivity contribution in [3.8, 4) is 0 Å². The highest BCUT2D eigenvalue weighted by molar-refractivity contribution is 7.47. The van der Waals surface area contributed by atoms with Crippen molar-refractivity contribution in [1.82, 2.24) is 0 Å². The number of phosphoric ester groups is 1. The summed E-state index contributed by atoms with van der Waals surface area (Å²) >= 11 is 0. The number of rotatable bonds is 3. The highest BCUT2D eigenvalue weighted by Gasteiger charge is 2.27. The lowest BCUT2D eigenvalue weighted by Crippen LogP contribution is -2.15. The third-order valence-electron chi connectivity index (χ3n) is 1.70. The molecular weight excluding hydrogens is 207 g/mol. The van der Waals surface area contributed by atoms with Gasteiger partial charge in [-0.15, -0.1) is 6.58 Å². The van der Waals surface area contributed by atoms with E-state index in [1.807, 2.05) is 0 Å². The summed E-state index contributed by atoms with van der Waals surface area (Å²) in [6.07, 6.45) is 3.31. The second-order valence-electron chi connectivity index (χ2n) is 2.88. The van der Waals surface area contributed by atoms with Gasteiger partial charge < -0.3 is 10.00 Å². The molecule has 0 aliphatic carbocycles. The van der Waals surface area contributed by atoms with Crippen LogP contribution >= 0.6 is 7.82 Å². The molecule has 80 valence electrons. The number of hydrogen-bond donors (Lipinski definition) is 2. The van der Waals surface area contributed by atoms with Crippen LogP contribution in [0.5, 0.6) is 0 Å². The van der Waals surface area contributed by atoms with E-state index in [2.05, 4.69) is 11.1 Å². The van der Waals surface area contributed by atoms with Crippen molar-refractivity contribution < 1.29 is 23.6 Å². The van der Waals surface area contributed by atoms with Crippen LogP contribution in [0.1, 0.15) is 6.42 Å². The number of hydrogen-bond acceptors (Lipinski definition) is 4. The van der Waals surface area contributed by atoms with Crippen LogP contribution in [0.15, 0.2) is 24.8 Å². The van der Waals surface area contributed by atoms with Gasteiger partial charge in [0.15, 0.2) is 0 Å². The SMILES string of the molecule is C=C[C@@H](O)C[C@H]1C=CCOP(=O)(O)O1. The van der Waals surface area contributed by atoms with Crippen molar-refractivity contribution in [2.75, 3.05) is 6.61 Å². The Morgan fingerprint density at radius 2 is 2.50 bits per heavy atom. The molecule has 0 saturated carbocycles. The van der Waals surface area contributed by atoms with Crippen LogP contribution in [0.3, 0.4) is 0 Å². The van der Waals surface area contributed by atoms with E-state index in [1.54, 1.807) is 12.2 Å². The summed E-state index contributed by atoms with van der Waals surface area (Å²) in [6.45, 7) is 3.43. The van der Waals surface area contributed by atoms with Crippen molar-refractivity contribution in [3.05, 3.63) is 24.8 Å². The molecule has 0 fully saturated rings. The largest absolute Gasteiger partial charge is 0.473 e. The summed E-state index contributed by atoms with van der Waals surface area (Å²) in [5.41, 5.74) is 0. The lowest BCUT2D eigenvalue weighted by molar-refractivity contribution is 0.107. The van der Waals surface area contributed by atoms with Crippen molar-refractivity contribution in [3.63, 3.8) is 0 Å². The fourth-order valence-corrected chi connectivity index (χ4v) is 1.87. The lowest BCUT2D eigenvalue weighted by atomic mass is 10.1. The van der Waals surface area contributed by atoms with Gasteiger partial charge in [-0.05, 0) is 0 Å². The Labute approximate surface area is 82.3 Å². The Bertz CT molecular complexity index is 275. The molecule has 14 heavy (non-hydrogen) atoms. The van der Waals surface area contributed by atoms with Gasteiger partial charge in [0.25, 0.3) is 0 Å². The first-order valence-corrected chi connectivity index (χ1v) is 5.66. The summed E-state index contributed by atoms with van der Waals surface area (Å²) in [4.78, 5) is 9.07. The normalized spacial score (nSPS) is 34.9. The average molecular weight is 220 g/mol. The van der Waals surface area contributed by atoms with E-state index < -0.39 is 20.0 Å². The molecule has 0 saturated heterocycles. The minimum absolute atomic E-state index is 0.0362. The second kappa shape index (κ2) is 4.87. The quantitative estimate of drug-likeness (QED) is 0.548. The molecule has 1 aliphatic rings. The van der Waals surface area contributed by atoms with Gasteiger partial charge in [0, 0.05) is 6.42 Å². The van der Waals surface area contributed by atoms with Gasteiger partial charge in [-0.3, -0.25) is 9.05 Å². The molecule has 0 radical (unpaired) electrons. The van der Waals surface area contributed by atoms with Gasteiger partial charge in [-0.2, -0.15) is 0 Å². The smallest absolute Gasteiger partial charge is 0.389 e. The molecule has 2 N–H and O–H groups in total. The van der Waals surface area contributed by atoms with Crippen molar-refractivity contribution >= 4 is 7.82 Å². The Kier molecular flexibility index (Phi) is 4.04. The molecule has 1 unspecified atom stereocenters. The first kappa shape index (κ1) is 11.6. The highest BCUT2D eigenvalue weighted by Crippen LogP contribution is 2.46. The Hall–Kier alpha value is -0.450. The minimum atomic E-state index is -3.96. The molecular formula is C8H13O5P. The molecule has 1 heterocycles.